The molecule has 1 atom stereocenters. The molecule has 0 bridgehead atoms. The Morgan fingerprint density at radius 2 is 1.83 bits per heavy atom. The van der Waals surface area contributed by atoms with Crippen molar-refractivity contribution in [2.75, 3.05) is 13.2 Å². The molecule has 0 aliphatic heterocycles. The highest BCUT2D eigenvalue weighted by Gasteiger charge is 2.19. The molecule has 6 nitrogen and oxygen atoms in total. The van der Waals surface area contributed by atoms with Crippen LogP contribution in [0.25, 0.3) is 11.3 Å². The Morgan fingerprint density at radius 1 is 1.13 bits per heavy atom. The van der Waals surface area contributed by atoms with Gasteiger partial charge in [-0.3, -0.25) is 4.79 Å². The number of esters is 1. The van der Waals surface area contributed by atoms with Gasteiger partial charge in [0.05, 0.1) is 18.9 Å². The Labute approximate surface area is 134 Å². The number of aromatic nitrogens is 2. The summed E-state index contributed by atoms with van der Waals surface area (Å²) in [6, 6.07) is 9.65. The van der Waals surface area contributed by atoms with Crippen LogP contribution in [-0.4, -0.2) is 29.0 Å². The first-order valence-electron chi connectivity index (χ1n) is 7.56. The standard InChI is InChI=1S/C17H20N2O4/c1-4-22-14-8-6-13(7-9-14)15-10-11-16(20)19(18-15)12(3)17(21)23-5-2/h6-12H,4-5H2,1-3H3/t12-/m0/s1. The summed E-state index contributed by atoms with van der Waals surface area (Å²) in [7, 11) is 0. The van der Waals surface area contributed by atoms with Crippen LogP contribution >= 0.6 is 0 Å². The molecule has 0 fully saturated rings. The second-order valence-corrected chi connectivity index (χ2v) is 4.89. The summed E-state index contributed by atoms with van der Waals surface area (Å²) in [6.45, 7) is 6.09. The number of carbonyl (C=O) groups is 1. The van der Waals surface area contributed by atoms with Gasteiger partial charge in [0.1, 0.15) is 5.75 Å². The Bertz CT molecular complexity index is 722. The highest BCUT2D eigenvalue weighted by molar-refractivity contribution is 5.73. The largest absolute Gasteiger partial charge is 0.494 e. The minimum Gasteiger partial charge on any atom is -0.494 e. The van der Waals surface area contributed by atoms with Gasteiger partial charge < -0.3 is 9.47 Å². The summed E-state index contributed by atoms with van der Waals surface area (Å²) in [5.74, 6) is 0.287. The Balaban J connectivity index is 2.32. The smallest absolute Gasteiger partial charge is 0.330 e. The molecular formula is C17H20N2O4. The van der Waals surface area contributed by atoms with E-state index < -0.39 is 12.0 Å². The van der Waals surface area contributed by atoms with Crippen LogP contribution in [0.4, 0.5) is 0 Å². The summed E-state index contributed by atoms with van der Waals surface area (Å²) in [6.07, 6.45) is 0. The Morgan fingerprint density at radius 3 is 2.43 bits per heavy atom. The maximum atomic E-state index is 12.0. The lowest BCUT2D eigenvalue weighted by molar-refractivity contribution is -0.147. The topological polar surface area (TPSA) is 70.4 Å². The number of hydrogen-bond acceptors (Lipinski definition) is 5. The predicted octanol–water partition coefficient (Wildman–Crippen LogP) is 2.43. The molecule has 0 spiro atoms. The molecule has 2 rings (SSSR count). The molecule has 0 amide bonds. The fourth-order valence-electron chi connectivity index (χ4n) is 2.11. The summed E-state index contributed by atoms with van der Waals surface area (Å²) in [5, 5.41) is 4.28. The summed E-state index contributed by atoms with van der Waals surface area (Å²) in [5.41, 5.74) is 1.09. The van der Waals surface area contributed by atoms with Crippen molar-refractivity contribution in [2.24, 2.45) is 0 Å². The van der Waals surface area contributed by atoms with Crippen molar-refractivity contribution in [3.8, 4) is 17.0 Å². The molecule has 2 aromatic rings. The maximum Gasteiger partial charge on any atom is 0.330 e. The van der Waals surface area contributed by atoms with Crippen LogP contribution in [0.15, 0.2) is 41.2 Å². The van der Waals surface area contributed by atoms with Crippen molar-refractivity contribution >= 4 is 5.97 Å². The van der Waals surface area contributed by atoms with Gasteiger partial charge in [-0.05, 0) is 51.1 Å². The first-order chi connectivity index (χ1) is 11.1. The molecule has 0 unspecified atom stereocenters. The van der Waals surface area contributed by atoms with E-state index in [0.29, 0.717) is 12.3 Å². The van der Waals surface area contributed by atoms with Crippen LogP contribution in [0, 0.1) is 0 Å². The van der Waals surface area contributed by atoms with Crippen LogP contribution in [0.5, 0.6) is 5.75 Å². The van der Waals surface area contributed by atoms with Crippen molar-refractivity contribution in [1.29, 1.82) is 0 Å². The second-order valence-electron chi connectivity index (χ2n) is 4.89. The summed E-state index contributed by atoms with van der Waals surface area (Å²) < 4.78 is 11.5. The van der Waals surface area contributed by atoms with Crippen LogP contribution in [0.2, 0.25) is 0 Å². The Hall–Kier alpha value is -2.63. The van der Waals surface area contributed by atoms with E-state index in [4.69, 9.17) is 9.47 Å². The zero-order chi connectivity index (χ0) is 16.8. The normalized spacial score (nSPS) is 11.8. The van der Waals surface area contributed by atoms with E-state index in [1.54, 1.807) is 19.9 Å². The number of nitrogens with zero attached hydrogens (tertiary/aromatic N) is 2. The molecule has 0 radical (unpaired) electrons. The number of carbonyl (C=O) groups excluding carboxylic acids is 1. The summed E-state index contributed by atoms with van der Waals surface area (Å²) in [4.78, 5) is 23.8. The van der Waals surface area contributed by atoms with Gasteiger partial charge in [0, 0.05) is 11.6 Å². The third-order valence-corrected chi connectivity index (χ3v) is 3.28. The first kappa shape index (κ1) is 16.7. The van der Waals surface area contributed by atoms with Crippen molar-refractivity contribution in [2.45, 2.75) is 26.8 Å². The van der Waals surface area contributed by atoms with Gasteiger partial charge in [-0.25, -0.2) is 9.48 Å². The van der Waals surface area contributed by atoms with Gasteiger partial charge >= 0.3 is 5.97 Å². The molecule has 0 saturated carbocycles. The zero-order valence-corrected chi connectivity index (χ0v) is 13.5. The van der Waals surface area contributed by atoms with Gasteiger partial charge in [0.25, 0.3) is 5.56 Å². The van der Waals surface area contributed by atoms with E-state index >= 15 is 0 Å². The minimum absolute atomic E-state index is 0.260. The summed E-state index contributed by atoms with van der Waals surface area (Å²) >= 11 is 0. The third kappa shape index (κ3) is 3.97. The van der Waals surface area contributed by atoms with Crippen LogP contribution in [-0.2, 0) is 9.53 Å². The average molecular weight is 316 g/mol. The average Bonchev–Trinajstić information content (AvgIpc) is 2.56. The van der Waals surface area contributed by atoms with E-state index in [-0.39, 0.29) is 12.2 Å². The molecule has 1 heterocycles. The molecular weight excluding hydrogens is 296 g/mol. The second kappa shape index (κ2) is 7.58. The molecule has 1 aromatic carbocycles. The van der Waals surface area contributed by atoms with E-state index in [2.05, 4.69) is 5.10 Å². The van der Waals surface area contributed by atoms with E-state index in [9.17, 15) is 9.59 Å². The van der Waals surface area contributed by atoms with Crippen molar-refractivity contribution in [3.05, 3.63) is 46.8 Å². The highest BCUT2D eigenvalue weighted by Crippen LogP contribution is 2.20. The van der Waals surface area contributed by atoms with Gasteiger partial charge in [0.2, 0.25) is 0 Å². The van der Waals surface area contributed by atoms with Gasteiger partial charge in [-0.15, -0.1) is 0 Å². The first-order valence-corrected chi connectivity index (χ1v) is 7.56. The van der Waals surface area contributed by atoms with Crippen LogP contribution < -0.4 is 10.3 Å². The predicted molar refractivity (Wildman–Crippen MR) is 86.4 cm³/mol. The molecule has 0 saturated heterocycles. The lowest BCUT2D eigenvalue weighted by Crippen LogP contribution is -2.31. The number of hydrogen-bond donors (Lipinski definition) is 0. The van der Waals surface area contributed by atoms with Crippen LogP contribution in [0.1, 0.15) is 26.8 Å². The van der Waals surface area contributed by atoms with Gasteiger partial charge in [0.15, 0.2) is 6.04 Å². The third-order valence-electron chi connectivity index (χ3n) is 3.28. The SMILES string of the molecule is CCOC(=O)[C@H](C)n1nc(-c2ccc(OCC)cc2)ccc1=O. The molecule has 1 aromatic heterocycles. The number of benzene rings is 1. The fourth-order valence-corrected chi connectivity index (χ4v) is 2.11. The number of rotatable bonds is 6. The molecule has 0 aliphatic rings. The van der Waals surface area contributed by atoms with E-state index in [0.717, 1.165) is 16.0 Å². The van der Waals surface area contributed by atoms with E-state index in [1.165, 1.54) is 6.07 Å². The molecule has 6 heteroatoms. The fraction of sp³-hybridized carbons (Fsp3) is 0.353. The lowest BCUT2D eigenvalue weighted by Gasteiger charge is -2.13. The zero-order valence-electron chi connectivity index (χ0n) is 13.5. The van der Waals surface area contributed by atoms with E-state index in [1.807, 2.05) is 31.2 Å². The number of ether oxygens (including phenoxy) is 2. The molecule has 122 valence electrons. The van der Waals surface area contributed by atoms with Crippen LogP contribution in [0.3, 0.4) is 0 Å². The minimum atomic E-state index is -0.773. The van der Waals surface area contributed by atoms with Gasteiger partial charge in [-0.1, -0.05) is 0 Å². The highest BCUT2D eigenvalue weighted by atomic mass is 16.5. The maximum absolute atomic E-state index is 12.0. The molecule has 0 N–H and O–H groups in total. The van der Waals surface area contributed by atoms with Crippen molar-refractivity contribution in [1.82, 2.24) is 9.78 Å². The van der Waals surface area contributed by atoms with Crippen molar-refractivity contribution in [3.63, 3.8) is 0 Å². The van der Waals surface area contributed by atoms with Crippen molar-refractivity contribution < 1.29 is 14.3 Å². The lowest BCUT2D eigenvalue weighted by atomic mass is 10.1. The van der Waals surface area contributed by atoms with Gasteiger partial charge in [-0.2, -0.15) is 5.10 Å². The quantitative estimate of drug-likeness (QED) is 0.766. The Kier molecular flexibility index (Phi) is 5.51. The monoisotopic (exact) mass is 316 g/mol. The molecule has 0 aliphatic carbocycles. The molecule has 23 heavy (non-hydrogen) atoms.